The van der Waals surface area contributed by atoms with Gasteiger partial charge in [0.1, 0.15) is 5.75 Å². The smallest absolute Gasteiger partial charge is 0.120 e. The number of aromatic hydroxyl groups is 1. The average Bonchev–Trinajstić information content (AvgIpc) is 2.41. The van der Waals surface area contributed by atoms with E-state index in [-0.39, 0.29) is 6.04 Å². The largest absolute Gasteiger partial charge is 0.508 e. The maximum Gasteiger partial charge on any atom is 0.120 e. The molecule has 1 rings (SSSR count). The van der Waals surface area contributed by atoms with Gasteiger partial charge in [0.2, 0.25) is 0 Å². The van der Waals surface area contributed by atoms with Crippen molar-refractivity contribution in [2.24, 2.45) is 5.73 Å². The highest BCUT2D eigenvalue weighted by Crippen LogP contribution is 2.26. The number of phenolic OH excluding ortho intramolecular Hbond substituents is 1. The minimum Gasteiger partial charge on any atom is -0.508 e. The fraction of sp³-hybridized carbons (Fsp3) is 0.647. The molecule has 1 aromatic carbocycles. The van der Waals surface area contributed by atoms with Crippen LogP contribution in [0.1, 0.15) is 52.0 Å². The van der Waals surface area contributed by atoms with Gasteiger partial charge in [0.05, 0.1) is 0 Å². The third-order valence-corrected chi connectivity index (χ3v) is 3.54. The summed E-state index contributed by atoms with van der Waals surface area (Å²) in [5.41, 5.74) is 7.86. The van der Waals surface area contributed by atoms with Crippen LogP contribution in [0, 0.1) is 0 Å². The van der Waals surface area contributed by atoms with Crippen LogP contribution in [-0.2, 0) is 6.42 Å². The molecular weight excluding hydrogens is 248 g/mol. The zero-order chi connectivity index (χ0) is 15.0. The molecule has 3 nitrogen and oxygen atoms in total. The highest BCUT2D eigenvalue weighted by Gasteiger charge is 2.10. The summed E-state index contributed by atoms with van der Waals surface area (Å²) in [5, 5.41) is 10.2. The third-order valence-electron chi connectivity index (χ3n) is 3.54. The number of benzene rings is 1. The minimum absolute atomic E-state index is 0.0723. The van der Waals surface area contributed by atoms with Gasteiger partial charge in [0.25, 0.3) is 0 Å². The van der Waals surface area contributed by atoms with Gasteiger partial charge in [-0.25, -0.2) is 0 Å². The van der Waals surface area contributed by atoms with E-state index in [2.05, 4.69) is 24.8 Å². The Bertz CT molecular complexity index is 383. The van der Waals surface area contributed by atoms with Crippen LogP contribution in [0.3, 0.4) is 0 Å². The van der Waals surface area contributed by atoms with E-state index in [0.717, 1.165) is 30.8 Å². The second-order valence-electron chi connectivity index (χ2n) is 5.69. The molecule has 0 fully saturated rings. The zero-order valence-corrected chi connectivity index (χ0v) is 13.2. The quantitative estimate of drug-likeness (QED) is 0.724. The van der Waals surface area contributed by atoms with Crippen molar-refractivity contribution >= 4 is 5.69 Å². The Balaban J connectivity index is 2.81. The molecule has 20 heavy (non-hydrogen) atoms. The summed E-state index contributed by atoms with van der Waals surface area (Å²) in [6, 6.07) is 6.09. The van der Waals surface area contributed by atoms with Gasteiger partial charge in [0, 0.05) is 30.9 Å². The Kier molecular flexibility index (Phi) is 7.45. The predicted octanol–water partition coefficient (Wildman–Crippen LogP) is 3.69. The molecule has 1 unspecified atom stereocenters. The highest BCUT2D eigenvalue weighted by atomic mass is 16.3. The van der Waals surface area contributed by atoms with Gasteiger partial charge in [0.15, 0.2) is 0 Å². The second kappa shape index (κ2) is 8.85. The highest BCUT2D eigenvalue weighted by molar-refractivity contribution is 5.53. The number of nitrogens with two attached hydrogens (primary N) is 1. The molecule has 0 radical (unpaired) electrons. The van der Waals surface area contributed by atoms with Crippen molar-refractivity contribution in [3.05, 3.63) is 23.8 Å². The second-order valence-corrected chi connectivity index (χ2v) is 5.69. The summed E-state index contributed by atoms with van der Waals surface area (Å²) in [6.07, 6.45) is 5.48. The molecule has 114 valence electrons. The molecule has 3 N–H and O–H groups in total. The monoisotopic (exact) mass is 278 g/mol. The van der Waals surface area contributed by atoms with Crippen LogP contribution in [0.5, 0.6) is 5.75 Å². The van der Waals surface area contributed by atoms with E-state index in [1.165, 1.54) is 25.7 Å². The molecule has 0 heterocycles. The lowest BCUT2D eigenvalue weighted by atomic mass is 10.1. The topological polar surface area (TPSA) is 49.5 Å². The first kappa shape index (κ1) is 16.8. The molecule has 3 heteroatoms. The lowest BCUT2D eigenvalue weighted by Crippen LogP contribution is -2.25. The van der Waals surface area contributed by atoms with E-state index in [1.54, 1.807) is 0 Å². The number of unbranched alkanes of at least 4 members (excludes halogenated alkanes) is 2. The van der Waals surface area contributed by atoms with Crippen LogP contribution >= 0.6 is 0 Å². The Morgan fingerprint density at radius 3 is 2.20 bits per heavy atom. The molecule has 1 aromatic rings. The molecule has 0 aliphatic carbocycles. The molecule has 0 amide bonds. The van der Waals surface area contributed by atoms with Crippen molar-refractivity contribution in [1.29, 1.82) is 0 Å². The van der Waals surface area contributed by atoms with Crippen LogP contribution < -0.4 is 10.6 Å². The fourth-order valence-corrected chi connectivity index (χ4v) is 2.34. The van der Waals surface area contributed by atoms with Gasteiger partial charge in [-0.2, -0.15) is 0 Å². The Morgan fingerprint density at radius 2 is 1.75 bits per heavy atom. The Hall–Kier alpha value is -1.22. The minimum atomic E-state index is 0.0723. The molecule has 0 aliphatic rings. The van der Waals surface area contributed by atoms with Gasteiger partial charge in [-0.1, -0.05) is 32.8 Å². The van der Waals surface area contributed by atoms with Crippen molar-refractivity contribution < 1.29 is 5.11 Å². The van der Waals surface area contributed by atoms with Crippen molar-refractivity contribution in [1.82, 2.24) is 0 Å². The maximum absolute atomic E-state index is 10.2. The summed E-state index contributed by atoms with van der Waals surface area (Å²) in [7, 11) is 0. The first-order valence-electron chi connectivity index (χ1n) is 7.90. The molecular formula is C17H30N2O. The normalized spacial score (nSPS) is 12.4. The van der Waals surface area contributed by atoms with Gasteiger partial charge in [-0.3, -0.25) is 0 Å². The first-order chi connectivity index (χ1) is 9.58. The predicted molar refractivity (Wildman–Crippen MR) is 87.5 cm³/mol. The van der Waals surface area contributed by atoms with Crippen LogP contribution in [0.25, 0.3) is 0 Å². The number of rotatable bonds is 9. The van der Waals surface area contributed by atoms with Crippen molar-refractivity contribution in [3.8, 4) is 5.75 Å². The van der Waals surface area contributed by atoms with Gasteiger partial charge >= 0.3 is 0 Å². The molecule has 0 saturated heterocycles. The van der Waals surface area contributed by atoms with E-state index < -0.39 is 0 Å². The number of nitrogens with zero attached hydrogens (tertiary/aromatic N) is 1. The average molecular weight is 278 g/mol. The van der Waals surface area contributed by atoms with Crippen molar-refractivity contribution in [2.45, 2.75) is 58.9 Å². The standard InChI is InChI=1S/C17H30N2O/c1-4-6-10-19(11-7-5-2)16-9-8-15(12-14(3)18)17(20)13-16/h8-9,13-14,20H,4-7,10-12,18H2,1-3H3. The third kappa shape index (κ3) is 5.41. The number of hydrogen-bond acceptors (Lipinski definition) is 3. The lowest BCUT2D eigenvalue weighted by molar-refractivity contribution is 0.465. The maximum atomic E-state index is 10.2. The Morgan fingerprint density at radius 1 is 1.15 bits per heavy atom. The van der Waals surface area contributed by atoms with Crippen LogP contribution in [-0.4, -0.2) is 24.2 Å². The number of phenols is 1. The van der Waals surface area contributed by atoms with E-state index in [4.69, 9.17) is 5.73 Å². The van der Waals surface area contributed by atoms with Crippen molar-refractivity contribution in [3.63, 3.8) is 0 Å². The van der Waals surface area contributed by atoms with Crippen molar-refractivity contribution in [2.75, 3.05) is 18.0 Å². The molecule has 0 bridgehead atoms. The summed E-state index contributed by atoms with van der Waals surface area (Å²) < 4.78 is 0. The van der Waals surface area contributed by atoms with E-state index in [9.17, 15) is 5.11 Å². The summed E-state index contributed by atoms with van der Waals surface area (Å²) in [4.78, 5) is 2.38. The number of anilines is 1. The van der Waals surface area contributed by atoms with E-state index in [1.807, 2.05) is 19.1 Å². The van der Waals surface area contributed by atoms with Gasteiger partial charge in [-0.15, -0.1) is 0 Å². The lowest BCUT2D eigenvalue weighted by Gasteiger charge is -2.25. The fourth-order valence-electron chi connectivity index (χ4n) is 2.34. The summed E-state index contributed by atoms with van der Waals surface area (Å²) >= 11 is 0. The number of hydrogen-bond donors (Lipinski definition) is 2. The molecule has 0 saturated carbocycles. The van der Waals surface area contributed by atoms with Crippen LogP contribution in [0.2, 0.25) is 0 Å². The Labute approximate surface area is 123 Å². The van der Waals surface area contributed by atoms with Crippen LogP contribution in [0.15, 0.2) is 18.2 Å². The molecule has 0 aromatic heterocycles. The summed E-state index contributed by atoms with van der Waals surface area (Å²) in [5.74, 6) is 0.373. The van der Waals surface area contributed by atoms with E-state index in [0.29, 0.717) is 5.75 Å². The van der Waals surface area contributed by atoms with Gasteiger partial charge in [-0.05, 0) is 37.8 Å². The molecule has 0 aliphatic heterocycles. The zero-order valence-electron chi connectivity index (χ0n) is 13.2. The SMILES string of the molecule is CCCCN(CCCC)c1ccc(CC(C)N)c(O)c1. The van der Waals surface area contributed by atoms with Gasteiger partial charge < -0.3 is 15.7 Å². The first-order valence-corrected chi connectivity index (χ1v) is 7.90. The molecule has 0 spiro atoms. The molecule has 1 atom stereocenters. The van der Waals surface area contributed by atoms with Crippen LogP contribution in [0.4, 0.5) is 5.69 Å². The summed E-state index contributed by atoms with van der Waals surface area (Å²) in [6.45, 7) is 8.50. The van der Waals surface area contributed by atoms with E-state index >= 15 is 0 Å².